The number of hydrogen-bond acceptors (Lipinski definition) is 4. The van der Waals surface area contributed by atoms with Crippen LogP contribution in [-0.4, -0.2) is 22.1 Å². The molecular formula is C14H19N5. The molecule has 0 atom stereocenters. The van der Waals surface area contributed by atoms with E-state index in [1.807, 2.05) is 33.8 Å². The van der Waals surface area contributed by atoms with Crippen LogP contribution in [0.3, 0.4) is 0 Å². The first-order valence-corrected chi connectivity index (χ1v) is 6.27. The lowest BCUT2D eigenvalue weighted by Crippen LogP contribution is -2.20. The van der Waals surface area contributed by atoms with Crippen molar-refractivity contribution in [3.05, 3.63) is 29.0 Å². The minimum atomic E-state index is 0.0935. The quantitative estimate of drug-likeness (QED) is 0.635. The number of rotatable bonds is 2. The number of benzene rings is 1. The third-order valence-corrected chi connectivity index (χ3v) is 2.88. The van der Waals surface area contributed by atoms with Crippen LogP contribution in [0.2, 0.25) is 0 Å². The van der Waals surface area contributed by atoms with E-state index >= 15 is 0 Å². The van der Waals surface area contributed by atoms with Crippen LogP contribution in [0.4, 0.5) is 5.69 Å². The average Bonchev–Trinajstić information content (AvgIpc) is 2.26. The van der Waals surface area contributed by atoms with Gasteiger partial charge in [-0.2, -0.15) is 0 Å². The molecule has 0 amide bonds. The van der Waals surface area contributed by atoms with Crippen molar-refractivity contribution in [3.63, 3.8) is 0 Å². The van der Waals surface area contributed by atoms with E-state index in [0.717, 1.165) is 22.0 Å². The molecule has 4 N–H and O–H groups in total. The maximum absolute atomic E-state index is 6.18. The summed E-state index contributed by atoms with van der Waals surface area (Å²) in [6, 6.07) is 4.13. The van der Waals surface area contributed by atoms with E-state index < -0.39 is 0 Å². The maximum Gasteiger partial charge on any atom is 0.151 e. The van der Waals surface area contributed by atoms with Gasteiger partial charge in [0.2, 0.25) is 0 Å². The van der Waals surface area contributed by atoms with Gasteiger partial charge in [-0.05, 0) is 44.9 Å². The first-order valence-electron chi connectivity index (χ1n) is 6.27. The second-order valence-electron chi connectivity index (χ2n) is 5.05. The highest BCUT2D eigenvalue weighted by molar-refractivity contribution is 6.07. The van der Waals surface area contributed by atoms with E-state index in [2.05, 4.69) is 21.3 Å². The fourth-order valence-corrected chi connectivity index (χ4v) is 2.18. The van der Waals surface area contributed by atoms with Gasteiger partial charge in [-0.25, -0.2) is 0 Å². The standard InChI is InChI=1S/C14H19N5/c1-7(2)17-14(16)13-12(15)11-9(4)5-8(3)6-10(11)18-19-13/h5-7H,1-4H3,(H2,15,18)(H2,16,17). The third kappa shape index (κ3) is 2.50. The molecule has 19 heavy (non-hydrogen) atoms. The monoisotopic (exact) mass is 257 g/mol. The molecule has 0 aliphatic carbocycles. The van der Waals surface area contributed by atoms with Gasteiger partial charge in [0.1, 0.15) is 5.84 Å². The Balaban J connectivity index is 2.71. The van der Waals surface area contributed by atoms with Crippen LogP contribution in [0.15, 0.2) is 17.1 Å². The lowest BCUT2D eigenvalue weighted by molar-refractivity contribution is 0.832. The molecule has 0 fully saturated rings. The van der Waals surface area contributed by atoms with Gasteiger partial charge in [-0.15, -0.1) is 10.2 Å². The minimum Gasteiger partial charge on any atom is -0.396 e. The number of hydrogen-bond donors (Lipinski definition) is 2. The number of amidine groups is 1. The number of nitrogens with zero attached hydrogens (tertiary/aromatic N) is 3. The topological polar surface area (TPSA) is 90.2 Å². The number of fused-ring (bicyclic) bond motifs is 1. The first kappa shape index (κ1) is 13.3. The van der Waals surface area contributed by atoms with Crippen molar-refractivity contribution < 1.29 is 0 Å². The van der Waals surface area contributed by atoms with Crippen molar-refractivity contribution >= 4 is 22.4 Å². The summed E-state index contributed by atoms with van der Waals surface area (Å²) in [5.41, 5.74) is 16.1. The van der Waals surface area contributed by atoms with Gasteiger partial charge < -0.3 is 11.5 Å². The van der Waals surface area contributed by atoms with E-state index in [0.29, 0.717) is 17.2 Å². The Morgan fingerprint density at radius 3 is 2.53 bits per heavy atom. The van der Waals surface area contributed by atoms with Gasteiger partial charge in [-0.1, -0.05) is 6.07 Å². The zero-order valence-electron chi connectivity index (χ0n) is 11.7. The predicted octanol–water partition coefficient (Wildman–Crippen LogP) is 1.94. The molecule has 100 valence electrons. The Bertz CT molecular complexity index is 658. The second kappa shape index (κ2) is 4.84. The van der Waals surface area contributed by atoms with E-state index in [9.17, 15) is 0 Å². The van der Waals surface area contributed by atoms with Crippen molar-refractivity contribution in [2.75, 3.05) is 5.73 Å². The van der Waals surface area contributed by atoms with Crippen LogP contribution in [-0.2, 0) is 0 Å². The fourth-order valence-electron chi connectivity index (χ4n) is 2.18. The zero-order valence-corrected chi connectivity index (χ0v) is 11.7. The highest BCUT2D eigenvalue weighted by atomic mass is 15.1. The van der Waals surface area contributed by atoms with Crippen LogP contribution >= 0.6 is 0 Å². The van der Waals surface area contributed by atoms with Crippen molar-refractivity contribution in [3.8, 4) is 0 Å². The average molecular weight is 257 g/mol. The number of anilines is 1. The van der Waals surface area contributed by atoms with Crippen LogP contribution < -0.4 is 11.5 Å². The lowest BCUT2D eigenvalue weighted by atomic mass is 10.0. The predicted molar refractivity (Wildman–Crippen MR) is 79.3 cm³/mol. The fraction of sp³-hybridized carbons (Fsp3) is 0.357. The Morgan fingerprint density at radius 2 is 1.89 bits per heavy atom. The van der Waals surface area contributed by atoms with Gasteiger partial charge in [0.05, 0.1) is 11.2 Å². The summed E-state index contributed by atoms with van der Waals surface area (Å²) in [6.45, 7) is 7.93. The normalized spacial score (nSPS) is 12.4. The SMILES string of the molecule is Cc1cc(C)c2c(N)c(C(N)=NC(C)C)nnc2c1. The number of nitrogens with two attached hydrogens (primary N) is 2. The smallest absolute Gasteiger partial charge is 0.151 e. The molecule has 1 aromatic heterocycles. The summed E-state index contributed by atoms with van der Waals surface area (Å²) < 4.78 is 0. The third-order valence-electron chi connectivity index (χ3n) is 2.88. The molecule has 0 saturated carbocycles. The molecule has 0 unspecified atom stereocenters. The van der Waals surface area contributed by atoms with Gasteiger partial charge >= 0.3 is 0 Å². The molecule has 0 spiro atoms. The number of aryl methyl sites for hydroxylation is 2. The summed E-state index contributed by atoms with van der Waals surface area (Å²) in [5, 5.41) is 9.21. The maximum atomic E-state index is 6.18. The van der Waals surface area contributed by atoms with Gasteiger partial charge in [0, 0.05) is 11.4 Å². The first-order chi connectivity index (χ1) is 8.90. The lowest BCUT2D eigenvalue weighted by Gasteiger charge is -2.10. The molecular weight excluding hydrogens is 238 g/mol. The van der Waals surface area contributed by atoms with Crippen LogP contribution in [0.1, 0.15) is 30.7 Å². The molecule has 2 rings (SSSR count). The van der Waals surface area contributed by atoms with E-state index in [1.54, 1.807) is 0 Å². The number of aromatic nitrogens is 2. The minimum absolute atomic E-state index is 0.0935. The molecule has 2 aromatic rings. The highest BCUT2D eigenvalue weighted by Crippen LogP contribution is 2.26. The van der Waals surface area contributed by atoms with Crippen molar-refractivity contribution in [1.29, 1.82) is 0 Å². The Morgan fingerprint density at radius 1 is 1.21 bits per heavy atom. The van der Waals surface area contributed by atoms with Crippen LogP contribution in [0.5, 0.6) is 0 Å². The van der Waals surface area contributed by atoms with Gasteiger partial charge in [-0.3, -0.25) is 4.99 Å². The van der Waals surface area contributed by atoms with Gasteiger partial charge in [0.15, 0.2) is 5.69 Å². The zero-order chi connectivity index (χ0) is 14.2. The molecule has 1 aromatic carbocycles. The molecule has 0 aliphatic rings. The molecule has 0 saturated heterocycles. The summed E-state index contributed by atoms with van der Waals surface area (Å²) in [7, 11) is 0. The van der Waals surface area contributed by atoms with Crippen molar-refractivity contribution in [2.24, 2.45) is 10.7 Å². The van der Waals surface area contributed by atoms with E-state index in [1.165, 1.54) is 0 Å². The summed E-state index contributed by atoms with van der Waals surface area (Å²) >= 11 is 0. The van der Waals surface area contributed by atoms with Gasteiger partial charge in [0.25, 0.3) is 0 Å². The van der Waals surface area contributed by atoms with E-state index in [-0.39, 0.29) is 6.04 Å². The molecule has 5 nitrogen and oxygen atoms in total. The Labute approximate surface area is 112 Å². The number of aliphatic imine (C=N–C) groups is 1. The van der Waals surface area contributed by atoms with Crippen molar-refractivity contribution in [1.82, 2.24) is 10.2 Å². The summed E-state index contributed by atoms with van der Waals surface area (Å²) in [5.74, 6) is 0.335. The highest BCUT2D eigenvalue weighted by Gasteiger charge is 2.13. The molecule has 0 aliphatic heterocycles. The Hall–Kier alpha value is -2.17. The summed E-state index contributed by atoms with van der Waals surface area (Å²) in [6.07, 6.45) is 0. The molecule has 1 heterocycles. The van der Waals surface area contributed by atoms with E-state index in [4.69, 9.17) is 11.5 Å². The number of nitrogen functional groups attached to an aromatic ring is 1. The van der Waals surface area contributed by atoms with Crippen molar-refractivity contribution in [2.45, 2.75) is 33.7 Å². The molecule has 0 bridgehead atoms. The Kier molecular flexibility index (Phi) is 3.38. The molecule has 5 heteroatoms. The summed E-state index contributed by atoms with van der Waals surface area (Å²) in [4.78, 5) is 4.27. The van der Waals surface area contributed by atoms with Crippen LogP contribution in [0.25, 0.3) is 10.9 Å². The second-order valence-corrected chi connectivity index (χ2v) is 5.05. The van der Waals surface area contributed by atoms with Crippen LogP contribution in [0, 0.1) is 13.8 Å². The largest absolute Gasteiger partial charge is 0.396 e. The molecule has 0 radical (unpaired) electrons.